The summed E-state index contributed by atoms with van der Waals surface area (Å²) in [4.78, 5) is 24.5. The summed E-state index contributed by atoms with van der Waals surface area (Å²) in [5.74, 6) is -0.456. The van der Waals surface area contributed by atoms with E-state index in [1.54, 1.807) is 37.3 Å². The summed E-state index contributed by atoms with van der Waals surface area (Å²) in [5, 5.41) is 19.4. The van der Waals surface area contributed by atoms with Gasteiger partial charge in [0.25, 0.3) is 5.56 Å². The van der Waals surface area contributed by atoms with E-state index in [0.717, 1.165) is 9.04 Å². The van der Waals surface area contributed by atoms with Crippen molar-refractivity contribution >= 4 is 21.7 Å². The predicted molar refractivity (Wildman–Crippen MR) is 91.5 cm³/mol. The van der Waals surface area contributed by atoms with Crippen LogP contribution in [0, 0.1) is 18.3 Å². The zero-order valence-corrected chi connectivity index (χ0v) is 14.8. The molecular formula is C17H15BrN2O4. The first-order valence-electron chi connectivity index (χ1n) is 7.18. The van der Waals surface area contributed by atoms with Gasteiger partial charge < -0.3 is 9.84 Å². The van der Waals surface area contributed by atoms with E-state index in [4.69, 9.17) is 10.00 Å². The molecule has 0 saturated carbocycles. The molecule has 2 aromatic rings. The Kier molecular flexibility index (Phi) is 5.42. The van der Waals surface area contributed by atoms with E-state index >= 15 is 0 Å². The van der Waals surface area contributed by atoms with Gasteiger partial charge in [-0.05, 0) is 43.7 Å². The zero-order valence-electron chi connectivity index (χ0n) is 13.2. The summed E-state index contributed by atoms with van der Waals surface area (Å²) in [5.41, 5.74) is -0.666. The van der Waals surface area contributed by atoms with Crippen LogP contribution in [-0.4, -0.2) is 22.1 Å². The van der Waals surface area contributed by atoms with E-state index in [1.165, 1.54) is 6.92 Å². The maximum Gasteiger partial charge on any atom is 0.271 e. The quantitative estimate of drug-likeness (QED) is 0.792. The molecule has 1 heterocycles. The Labute approximate surface area is 147 Å². The van der Waals surface area contributed by atoms with Crippen LogP contribution in [0.15, 0.2) is 33.5 Å². The molecule has 7 heteroatoms. The Morgan fingerprint density at radius 3 is 2.54 bits per heavy atom. The molecule has 0 unspecified atom stereocenters. The third kappa shape index (κ3) is 3.34. The van der Waals surface area contributed by atoms with Gasteiger partial charge in [-0.15, -0.1) is 0 Å². The topological polar surface area (TPSA) is 92.3 Å². The number of Topliss-reactive ketones (excluding diaryl/α,β-unsaturated/α-hetero) is 1. The third-order valence-corrected chi connectivity index (χ3v) is 4.11. The highest BCUT2D eigenvalue weighted by Gasteiger charge is 2.23. The number of halogens is 1. The van der Waals surface area contributed by atoms with Crippen LogP contribution in [0.5, 0.6) is 11.6 Å². The Morgan fingerprint density at radius 2 is 2.00 bits per heavy atom. The van der Waals surface area contributed by atoms with Crippen LogP contribution in [0.3, 0.4) is 0 Å². The number of carbonyl (C=O) groups excluding carboxylic acids is 1. The highest BCUT2D eigenvalue weighted by atomic mass is 79.9. The molecule has 2 rings (SSSR count). The molecule has 1 N–H and O–H groups in total. The fraction of sp³-hybridized carbons (Fsp3) is 0.235. The molecule has 0 saturated heterocycles. The van der Waals surface area contributed by atoms with E-state index in [-0.39, 0.29) is 29.8 Å². The number of aromatic hydroxyl groups is 1. The number of ketones is 1. The van der Waals surface area contributed by atoms with Crippen molar-refractivity contribution in [2.45, 2.75) is 20.4 Å². The Morgan fingerprint density at radius 1 is 1.38 bits per heavy atom. The Balaban J connectivity index is 2.37. The molecule has 0 bridgehead atoms. The monoisotopic (exact) mass is 390 g/mol. The van der Waals surface area contributed by atoms with Crippen LogP contribution in [0.25, 0.3) is 0 Å². The molecule has 0 aliphatic rings. The minimum atomic E-state index is -0.611. The minimum Gasteiger partial charge on any atom is -0.494 e. The Bertz CT molecular complexity index is 879. The fourth-order valence-corrected chi connectivity index (χ4v) is 2.59. The summed E-state index contributed by atoms with van der Waals surface area (Å²) in [6, 6.07) is 8.73. The standard InChI is InChI=1S/C17H15BrN2O4/c1-3-20-16(22)13(8-19)10(2)15(17(20)23)14(21)9-24-12-6-4-11(18)5-7-12/h4-7,23H,3,9H2,1-2H3. The van der Waals surface area contributed by atoms with Crippen molar-refractivity contribution in [2.24, 2.45) is 0 Å². The number of ether oxygens (including phenoxy) is 1. The SMILES string of the molecule is CCn1c(O)c(C(=O)COc2ccc(Br)cc2)c(C)c(C#N)c1=O. The number of hydrogen-bond acceptors (Lipinski definition) is 5. The van der Waals surface area contributed by atoms with Crippen LogP contribution < -0.4 is 10.3 Å². The maximum absolute atomic E-state index is 12.5. The number of nitriles is 1. The van der Waals surface area contributed by atoms with Crippen molar-refractivity contribution in [3.63, 3.8) is 0 Å². The number of carbonyl (C=O) groups is 1. The van der Waals surface area contributed by atoms with Gasteiger partial charge >= 0.3 is 0 Å². The molecule has 0 aliphatic heterocycles. The molecule has 1 aromatic heterocycles. The van der Waals surface area contributed by atoms with Gasteiger partial charge in [-0.3, -0.25) is 14.2 Å². The van der Waals surface area contributed by atoms with Crippen molar-refractivity contribution in [1.29, 1.82) is 5.26 Å². The molecule has 124 valence electrons. The van der Waals surface area contributed by atoms with Gasteiger partial charge in [-0.25, -0.2) is 0 Å². The first-order valence-corrected chi connectivity index (χ1v) is 7.98. The van der Waals surface area contributed by atoms with E-state index in [1.807, 2.05) is 0 Å². The highest BCUT2D eigenvalue weighted by molar-refractivity contribution is 9.10. The summed E-state index contributed by atoms with van der Waals surface area (Å²) < 4.78 is 7.29. The lowest BCUT2D eigenvalue weighted by atomic mass is 10.0. The average molecular weight is 391 g/mol. The smallest absolute Gasteiger partial charge is 0.271 e. The first kappa shape index (κ1) is 17.8. The number of nitrogens with zero attached hydrogens (tertiary/aromatic N) is 2. The number of benzene rings is 1. The predicted octanol–water partition coefficient (Wildman–Crippen LogP) is 2.78. The molecule has 0 amide bonds. The van der Waals surface area contributed by atoms with Crippen molar-refractivity contribution in [2.75, 3.05) is 6.61 Å². The molecule has 6 nitrogen and oxygen atoms in total. The van der Waals surface area contributed by atoms with E-state index in [9.17, 15) is 14.7 Å². The lowest BCUT2D eigenvalue weighted by molar-refractivity contribution is 0.0916. The highest BCUT2D eigenvalue weighted by Crippen LogP contribution is 2.23. The molecule has 0 spiro atoms. The summed E-state index contributed by atoms with van der Waals surface area (Å²) in [7, 11) is 0. The summed E-state index contributed by atoms with van der Waals surface area (Å²) in [6.45, 7) is 2.94. The number of aromatic nitrogens is 1. The van der Waals surface area contributed by atoms with Crippen LogP contribution in [0.1, 0.15) is 28.4 Å². The van der Waals surface area contributed by atoms with Crippen molar-refractivity contribution in [3.8, 4) is 17.7 Å². The molecule has 0 atom stereocenters. The van der Waals surface area contributed by atoms with E-state index < -0.39 is 17.2 Å². The van der Waals surface area contributed by atoms with Crippen molar-refractivity contribution in [1.82, 2.24) is 4.57 Å². The third-order valence-electron chi connectivity index (χ3n) is 3.58. The van der Waals surface area contributed by atoms with E-state index in [2.05, 4.69) is 15.9 Å². The van der Waals surface area contributed by atoms with Crippen molar-refractivity contribution in [3.05, 3.63) is 55.8 Å². The number of rotatable bonds is 5. The molecule has 0 radical (unpaired) electrons. The fourth-order valence-electron chi connectivity index (χ4n) is 2.33. The number of pyridine rings is 1. The Hall–Kier alpha value is -2.59. The van der Waals surface area contributed by atoms with Gasteiger partial charge in [0.05, 0.1) is 5.56 Å². The van der Waals surface area contributed by atoms with Gasteiger partial charge in [0.2, 0.25) is 11.7 Å². The molecule has 0 fully saturated rings. The number of hydrogen-bond donors (Lipinski definition) is 1. The van der Waals surface area contributed by atoms with Crippen LogP contribution in [-0.2, 0) is 6.54 Å². The average Bonchev–Trinajstić information content (AvgIpc) is 2.55. The molecular weight excluding hydrogens is 376 g/mol. The van der Waals surface area contributed by atoms with E-state index in [0.29, 0.717) is 5.75 Å². The van der Waals surface area contributed by atoms with Crippen LogP contribution in [0.2, 0.25) is 0 Å². The zero-order chi connectivity index (χ0) is 17.9. The molecule has 24 heavy (non-hydrogen) atoms. The second-order valence-corrected chi connectivity index (χ2v) is 5.94. The summed E-state index contributed by atoms with van der Waals surface area (Å²) in [6.07, 6.45) is 0. The van der Waals surface area contributed by atoms with Gasteiger partial charge in [0.15, 0.2) is 6.61 Å². The lowest BCUT2D eigenvalue weighted by Gasteiger charge is -2.14. The summed E-state index contributed by atoms with van der Waals surface area (Å²) >= 11 is 3.30. The second-order valence-electron chi connectivity index (χ2n) is 5.03. The van der Waals surface area contributed by atoms with Gasteiger partial charge in [0.1, 0.15) is 17.4 Å². The van der Waals surface area contributed by atoms with Crippen LogP contribution in [0.4, 0.5) is 0 Å². The lowest BCUT2D eigenvalue weighted by Crippen LogP contribution is -2.27. The van der Waals surface area contributed by atoms with Crippen LogP contribution >= 0.6 is 15.9 Å². The van der Waals surface area contributed by atoms with Gasteiger partial charge in [0, 0.05) is 11.0 Å². The molecule has 1 aromatic carbocycles. The maximum atomic E-state index is 12.5. The first-order chi connectivity index (χ1) is 11.4. The van der Waals surface area contributed by atoms with Crippen molar-refractivity contribution < 1.29 is 14.6 Å². The molecule has 0 aliphatic carbocycles. The normalized spacial score (nSPS) is 10.2. The van der Waals surface area contributed by atoms with Gasteiger partial charge in [-0.1, -0.05) is 15.9 Å². The largest absolute Gasteiger partial charge is 0.494 e. The van der Waals surface area contributed by atoms with Gasteiger partial charge in [-0.2, -0.15) is 5.26 Å². The second kappa shape index (κ2) is 7.32. The minimum absolute atomic E-state index is 0.0647.